The van der Waals surface area contributed by atoms with Gasteiger partial charge in [-0.05, 0) is 50.6 Å². The number of methoxy groups -OCH3 is 1. The number of hydrogen-bond acceptors (Lipinski definition) is 5. The molecule has 1 aliphatic heterocycles. The highest BCUT2D eigenvalue weighted by Crippen LogP contribution is 2.37. The Hall–Kier alpha value is -2.38. The summed E-state index contributed by atoms with van der Waals surface area (Å²) in [5.74, 6) is 0.104. The van der Waals surface area contributed by atoms with Gasteiger partial charge in [0.1, 0.15) is 11.3 Å². The van der Waals surface area contributed by atoms with Crippen LogP contribution in [0.5, 0.6) is 5.75 Å². The SMILES string of the molecule is COc1ccc(S(=O)(=O)c2ccc3c4c(oc3c2)C(C)(C)NCC4)cc1F. The Balaban J connectivity index is 1.83. The van der Waals surface area contributed by atoms with Crippen molar-refractivity contribution in [2.24, 2.45) is 0 Å². The summed E-state index contributed by atoms with van der Waals surface area (Å²) in [7, 11) is -2.55. The third-order valence-corrected chi connectivity index (χ3v) is 6.77. The molecule has 2 aromatic carbocycles. The highest BCUT2D eigenvalue weighted by Gasteiger charge is 2.33. The average molecular weight is 389 g/mol. The highest BCUT2D eigenvalue weighted by molar-refractivity contribution is 7.91. The molecule has 1 N–H and O–H groups in total. The van der Waals surface area contributed by atoms with Crippen molar-refractivity contribution in [2.45, 2.75) is 35.6 Å². The molecule has 0 atom stereocenters. The Morgan fingerprint density at radius 1 is 1.15 bits per heavy atom. The molecule has 0 fully saturated rings. The molecule has 1 aromatic heterocycles. The predicted molar refractivity (Wildman–Crippen MR) is 99.4 cm³/mol. The van der Waals surface area contributed by atoms with Crippen molar-refractivity contribution in [2.75, 3.05) is 13.7 Å². The number of furan rings is 1. The van der Waals surface area contributed by atoms with Crippen LogP contribution in [0.3, 0.4) is 0 Å². The summed E-state index contributed by atoms with van der Waals surface area (Å²) in [6.45, 7) is 4.90. The van der Waals surface area contributed by atoms with Crippen LogP contribution in [0.2, 0.25) is 0 Å². The first-order chi connectivity index (χ1) is 12.7. The highest BCUT2D eigenvalue weighted by atomic mass is 32.2. The van der Waals surface area contributed by atoms with Gasteiger partial charge in [0.15, 0.2) is 11.6 Å². The topological polar surface area (TPSA) is 68.5 Å². The predicted octanol–water partition coefficient (Wildman–Crippen LogP) is 3.79. The van der Waals surface area contributed by atoms with Gasteiger partial charge in [0.05, 0.1) is 22.4 Å². The third-order valence-electron chi connectivity index (χ3n) is 5.02. The molecule has 7 heteroatoms. The Kier molecular flexibility index (Phi) is 4.05. The molecule has 27 heavy (non-hydrogen) atoms. The third kappa shape index (κ3) is 2.82. The van der Waals surface area contributed by atoms with Gasteiger partial charge in [-0.15, -0.1) is 0 Å². The number of fused-ring (bicyclic) bond motifs is 3. The summed E-state index contributed by atoms with van der Waals surface area (Å²) >= 11 is 0. The second-order valence-electron chi connectivity index (χ2n) is 7.17. The molecule has 5 nitrogen and oxygen atoms in total. The van der Waals surface area contributed by atoms with Crippen LogP contribution in [0.1, 0.15) is 25.2 Å². The summed E-state index contributed by atoms with van der Waals surface area (Å²) in [6.07, 6.45) is 0.821. The van der Waals surface area contributed by atoms with Gasteiger partial charge >= 0.3 is 0 Å². The minimum Gasteiger partial charge on any atom is -0.494 e. The largest absolute Gasteiger partial charge is 0.494 e. The molecule has 0 amide bonds. The van der Waals surface area contributed by atoms with Crippen LogP contribution >= 0.6 is 0 Å². The number of sulfone groups is 1. The molecule has 0 radical (unpaired) electrons. The van der Waals surface area contributed by atoms with E-state index in [1.807, 2.05) is 13.8 Å². The van der Waals surface area contributed by atoms with E-state index in [1.54, 1.807) is 12.1 Å². The smallest absolute Gasteiger partial charge is 0.206 e. The molecule has 0 saturated heterocycles. The maximum Gasteiger partial charge on any atom is 0.206 e. The lowest BCUT2D eigenvalue weighted by molar-refractivity contribution is 0.310. The minimum atomic E-state index is -3.88. The van der Waals surface area contributed by atoms with Crippen LogP contribution in [0.15, 0.2) is 50.6 Å². The molecule has 1 aliphatic rings. The van der Waals surface area contributed by atoms with Gasteiger partial charge in [0.2, 0.25) is 9.84 Å². The van der Waals surface area contributed by atoms with E-state index in [2.05, 4.69) is 5.32 Å². The van der Waals surface area contributed by atoms with Crippen LogP contribution in [-0.2, 0) is 21.8 Å². The molecule has 0 spiro atoms. The van der Waals surface area contributed by atoms with Gasteiger partial charge in [-0.3, -0.25) is 0 Å². The van der Waals surface area contributed by atoms with Gasteiger partial charge in [-0.2, -0.15) is 0 Å². The molecule has 3 aromatic rings. The molecule has 4 rings (SSSR count). The first kappa shape index (κ1) is 18.0. The normalized spacial score (nSPS) is 16.3. The average Bonchev–Trinajstić information content (AvgIpc) is 3.01. The van der Waals surface area contributed by atoms with Crippen LogP contribution in [-0.4, -0.2) is 22.1 Å². The van der Waals surface area contributed by atoms with E-state index in [9.17, 15) is 12.8 Å². The molecular weight excluding hydrogens is 369 g/mol. The Morgan fingerprint density at radius 3 is 2.56 bits per heavy atom. The summed E-state index contributed by atoms with van der Waals surface area (Å²) < 4.78 is 50.7. The number of hydrogen-bond donors (Lipinski definition) is 1. The molecular formula is C20H20FNO4S. The molecule has 142 valence electrons. The van der Waals surface area contributed by atoms with E-state index in [-0.39, 0.29) is 21.1 Å². The van der Waals surface area contributed by atoms with Crippen molar-refractivity contribution in [1.82, 2.24) is 5.32 Å². The van der Waals surface area contributed by atoms with Crippen LogP contribution in [0, 0.1) is 5.82 Å². The standard InChI is InChI=1S/C20H20FNO4S/c1-20(2)19-15(8-9-22-20)14-6-4-13(11-18(14)26-19)27(23,24)12-5-7-17(25-3)16(21)10-12/h4-7,10-11,22H,8-9H2,1-3H3. The van der Waals surface area contributed by atoms with Crippen molar-refractivity contribution in [3.05, 3.63) is 53.5 Å². The van der Waals surface area contributed by atoms with Gasteiger partial charge in [-0.1, -0.05) is 0 Å². The quantitative estimate of drug-likeness (QED) is 0.738. The maximum absolute atomic E-state index is 14.0. The summed E-state index contributed by atoms with van der Waals surface area (Å²) in [5.41, 5.74) is 1.31. The zero-order valence-corrected chi connectivity index (χ0v) is 16.1. The lowest BCUT2D eigenvalue weighted by atomic mass is 9.91. The van der Waals surface area contributed by atoms with Crippen LogP contribution in [0.25, 0.3) is 11.0 Å². The second-order valence-corrected chi connectivity index (χ2v) is 9.12. The lowest BCUT2D eigenvalue weighted by Gasteiger charge is -2.29. The fourth-order valence-corrected chi connectivity index (χ4v) is 4.87. The monoisotopic (exact) mass is 389 g/mol. The number of rotatable bonds is 3. The summed E-state index contributed by atoms with van der Waals surface area (Å²) in [6, 6.07) is 8.44. The van der Waals surface area contributed by atoms with E-state index in [1.165, 1.54) is 25.3 Å². The maximum atomic E-state index is 14.0. The molecule has 0 saturated carbocycles. The number of halogens is 1. The fourth-order valence-electron chi connectivity index (χ4n) is 3.58. The zero-order chi connectivity index (χ0) is 19.4. The summed E-state index contributed by atoms with van der Waals surface area (Å²) in [4.78, 5) is -0.0603. The van der Waals surface area contributed by atoms with Crippen molar-refractivity contribution < 1.29 is 22.0 Å². The van der Waals surface area contributed by atoms with E-state index < -0.39 is 15.7 Å². The van der Waals surface area contributed by atoms with Crippen molar-refractivity contribution >= 4 is 20.8 Å². The number of benzene rings is 2. The molecule has 0 aliphatic carbocycles. The number of ether oxygens (including phenoxy) is 1. The lowest BCUT2D eigenvalue weighted by Crippen LogP contribution is -2.41. The van der Waals surface area contributed by atoms with Gasteiger partial charge in [0, 0.05) is 23.6 Å². The van der Waals surface area contributed by atoms with Crippen molar-refractivity contribution in [3.8, 4) is 5.75 Å². The zero-order valence-electron chi connectivity index (χ0n) is 15.3. The van der Waals surface area contributed by atoms with Gasteiger partial charge in [-0.25, -0.2) is 12.8 Å². The van der Waals surface area contributed by atoms with E-state index in [0.717, 1.165) is 35.7 Å². The fraction of sp³-hybridized carbons (Fsp3) is 0.300. The Bertz CT molecular complexity index is 1150. The first-order valence-corrected chi connectivity index (χ1v) is 10.1. The first-order valence-electron chi connectivity index (χ1n) is 8.63. The van der Waals surface area contributed by atoms with E-state index in [4.69, 9.17) is 9.15 Å². The number of nitrogens with one attached hydrogen (secondary N) is 1. The molecule has 0 unspecified atom stereocenters. The molecule has 2 heterocycles. The van der Waals surface area contributed by atoms with E-state index >= 15 is 0 Å². The second kappa shape index (κ2) is 6.07. The van der Waals surface area contributed by atoms with Gasteiger partial charge in [0.25, 0.3) is 0 Å². The van der Waals surface area contributed by atoms with Crippen LogP contribution in [0.4, 0.5) is 4.39 Å². The Labute approximate surface area is 157 Å². The van der Waals surface area contributed by atoms with Crippen LogP contribution < -0.4 is 10.1 Å². The summed E-state index contributed by atoms with van der Waals surface area (Å²) in [5, 5.41) is 4.31. The Morgan fingerprint density at radius 2 is 1.85 bits per heavy atom. The van der Waals surface area contributed by atoms with Crippen molar-refractivity contribution in [3.63, 3.8) is 0 Å². The molecule has 0 bridgehead atoms. The van der Waals surface area contributed by atoms with Gasteiger partial charge < -0.3 is 14.5 Å². The van der Waals surface area contributed by atoms with Crippen molar-refractivity contribution in [1.29, 1.82) is 0 Å². The minimum absolute atomic E-state index is 0.00200. The van der Waals surface area contributed by atoms with E-state index in [0.29, 0.717) is 5.58 Å².